The van der Waals surface area contributed by atoms with Crippen molar-refractivity contribution in [2.75, 3.05) is 0 Å². The molecular formula is C29H30N4S. The monoisotopic (exact) mass is 466 g/mol. The summed E-state index contributed by atoms with van der Waals surface area (Å²) in [6.07, 6.45) is 1.86. The first kappa shape index (κ1) is 22.4. The quantitative estimate of drug-likeness (QED) is 0.351. The maximum Gasteiger partial charge on any atom is 0.170 e. The molecule has 0 amide bonds. The van der Waals surface area contributed by atoms with E-state index in [4.69, 9.17) is 17.2 Å². The fourth-order valence-corrected chi connectivity index (χ4v) is 5.56. The molecule has 0 radical (unpaired) electrons. The number of thiocarbonyl (C=S) groups is 1. The van der Waals surface area contributed by atoms with E-state index >= 15 is 0 Å². The molecule has 0 aliphatic carbocycles. The molecule has 5 heteroatoms. The topological polar surface area (TPSA) is 33.1 Å². The highest BCUT2D eigenvalue weighted by Crippen LogP contribution is 2.42. The normalized spacial score (nSPS) is 17.8. The Balaban J connectivity index is 1.63. The zero-order valence-electron chi connectivity index (χ0n) is 20.1. The van der Waals surface area contributed by atoms with E-state index in [1.54, 1.807) is 0 Å². The molecule has 2 atom stereocenters. The van der Waals surface area contributed by atoms with Gasteiger partial charge in [0, 0.05) is 29.8 Å². The van der Waals surface area contributed by atoms with Gasteiger partial charge in [0.25, 0.3) is 0 Å². The second-order valence-corrected chi connectivity index (χ2v) is 9.63. The molecule has 4 nitrogen and oxygen atoms in total. The molecule has 1 aliphatic rings. The number of pyridine rings is 1. The predicted octanol–water partition coefficient (Wildman–Crippen LogP) is 6.28. The van der Waals surface area contributed by atoms with Crippen molar-refractivity contribution in [3.8, 4) is 5.69 Å². The zero-order valence-corrected chi connectivity index (χ0v) is 20.9. The number of hydrogen-bond donors (Lipinski definition) is 1. The van der Waals surface area contributed by atoms with Crippen molar-refractivity contribution >= 4 is 17.3 Å². The Kier molecular flexibility index (Phi) is 5.96. The zero-order chi connectivity index (χ0) is 23.8. The lowest BCUT2D eigenvalue weighted by Crippen LogP contribution is -2.29. The van der Waals surface area contributed by atoms with Gasteiger partial charge in [0.05, 0.1) is 17.8 Å². The largest absolute Gasteiger partial charge is 0.352 e. The van der Waals surface area contributed by atoms with Crippen LogP contribution in [0.2, 0.25) is 0 Å². The molecule has 5 rings (SSSR count). The standard InChI is InChI=1S/C29H30N4S/c1-19-14-20(2)16-24(15-19)33-21(3)17-25(22(33)4)28-27(26-12-8-9-13-30-26)31-29(34)32(28)18-23-10-6-5-7-11-23/h5-17,27-28H,18H2,1-4H3,(H,31,34). The lowest BCUT2D eigenvalue weighted by atomic mass is 9.96. The average Bonchev–Trinajstić information content (AvgIpc) is 3.29. The average molecular weight is 467 g/mol. The number of aromatic nitrogens is 2. The minimum Gasteiger partial charge on any atom is -0.352 e. The maximum absolute atomic E-state index is 5.88. The Morgan fingerprint density at radius 3 is 2.26 bits per heavy atom. The SMILES string of the molecule is Cc1cc(C)cc(-n2c(C)cc(C3C(c4ccccn4)NC(=S)N3Cc3ccccc3)c2C)c1. The summed E-state index contributed by atoms with van der Waals surface area (Å²) >= 11 is 5.88. The fraction of sp³-hybridized carbons (Fsp3) is 0.241. The summed E-state index contributed by atoms with van der Waals surface area (Å²) < 4.78 is 2.37. The number of aryl methyl sites for hydroxylation is 3. The minimum absolute atomic E-state index is 0.0226. The van der Waals surface area contributed by atoms with Gasteiger partial charge in [-0.3, -0.25) is 4.98 Å². The van der Waals surface area contributed by atoms with Crippen LogP contribution in [0.15, 0.2) is 79.0 Å². The van der Waals surface area contributed by atoms with Crippen LogP contribution in [0, 0.1) is 27.7 Å². The highest BCUT2D eigenvalue weighted by Gasteiger charge is 2.41. The minimum atomic E-state index is -0.0226. The van der Waals surface area contributed by atoms with Crippen LogP contribution in [-0.4, -0.2) is 19.6 Å². The fourth-order valence-electron chi connectivity index (χ4n) is 5.26. The highest BCUT2D eigenvalue weighted by molar-refractivity contribution is 7.80. The molecular weight excluding hydrogens is 436 g/mol. The van der Waals surface area contributed by atoms with Gasteiger partial charge in [-0.05, 0) is 92.5 Å². The van der Waals surface area contributed by atoms with Crippen LogP contribution in [0.3, 0.4) is 0 Å². The molecule has 4 aromatic rings. The molecule has 2 unspecified atom stereocenters. The molecule has 172 valence electrons. The molecule has 0 saturated carbocycles. The smallest absolute Gasteiger partial charge is 0.170 e. The van der Waals surface area contributed by atoms with E-state index in [1.165, 1.54) is 39.3 Å². The van der Waals surface area contributed by atoms with Gasteiger partial charge in [0.2, 0.25) is 0 Å². The Morgan fingerprint density at radius 2 is 1.59 bits per heavy atom. The van der Waals surface area contributed by atoms with E-state index in [0.717, 1.165) is 17.4 Å². The van der Waals surface area contributed by atoms with Crippen molar-refractivity contribution in [3.63, 3.8) is 0 Å². The molecule has 2 aromatic carbocycles. The van der Waals surface area contributed by atoms with Crippen LogP contribution in [-0.2, 0) is 6.54 Å². The summed E-state index contributed by atoms with van der Waals surface area (Å²) in [5.41, 5.74) is 9.71. The second kappa shape index (κ2) is 9.07. The molecule has 2 aromatic heterocycles. The Bertz CT molecular complexity index is 1310. The number of nitrogens with one attached hydrogen (secondary N) is 1. The number of nitrogens with zero attached hydrogens (tertiary/aromatic N) is 3. The van der Waals surface area contributed by atoms with E-state index in [2.05, 4.69) is 103 Å². The van der Waals surface area contributed by atoms with Crippen LogP contribution < -0.4 is 5.32 Å². The molecule has 1 aliphatic heterocycles. The van der Waals surface area contributed by atoms with Gasteiger partial charge >= 0.3 is 0 Å². The third-order valence-corrected chi connectivity index (χ3v) is 7.00. The highest BCUT2D eigenvalue weighted by atomic mass is 32.1. The first-order valence-corrected chi connectivity index (χ1v) is 12.1. The van der Waals surface area contributed by atoms with E-state index in [1.807, 2.05) is 18.3 Å². The first-order valence-electron chi connectivity index (χ1n) is 11.7. The van der Waals surface area contributed by atoms with Crippen LogP contribution in [0.25, 0.3) is 5.69 Å². The maximum atomic E-state index is 5.88. The van der Waals surface area contributed by atoms with Crippen LogP contribution in [0.5, 0.6) is 0 Å². The van der Waals surface area contributed by atoms with Gasteiger partial charge < -0.3 is 14.8 Å². The van der Waals surface area contributed by atoms with Crippen molar-refractivity contribution in [1.29, 1.82) is 0 Å². The molecule has 1 saturated heterocycles. The van der Waals surface area contributed by atoms with Crippen molar-refractivity contribution in [2.45, 2.75) is 46.3 Å². The van der Waals surface area contributed by atoms with Crippen molar-refractivity contribution < 1.29 is 0 Å². The second-order valence-electron chi connectivity index (χ2n) is 9.25. The van der Waals surface area contributed by atoms with E-state index < -0.39 is 0 Å². The van der Waals surface area contributed by atoms with Crippen LogP contribution in [0.4, 0.5) is 0 Å². The van der Waals surface area contributed by atoms with E-state index in [-0.39, 0.29) is 12.1 Å². The summed E-state index contributed by atoms with van der Waals surface area (Å²) in [4.78, 5) is 7.01. The van der Waals surface area contributed by atoms with Gasteiger partial charge in [-0.15, -0.1) is 0 Å². The summed E-state index contributed by atoms with van der Waals surface area (Å²) in [7, 11) is 0. The molecule has 0 spiro atoms. The van der Waals surface area contributed by atoms with E-state index in [0.29, 0.717) is 0 Å². The number of rotatable bonds is 5. The third kappa shape index (κ3) is 4.12. The molecule has 1 N–H and O–H groups in total. The molecule has 0 bridgehead atoms. The third-order valence-electron chi connectivity index (χ3n) is 6.65. The summed E-state index contributed by atoms with van der Waals surface area (Å²) in [5.74, 6) is 0. The summed E-state index contributed by atoms with van der Waals surface area (Å²) in [6.45, 7) is 9.46. The van der Waals surface area contributed by atoms with Crippen molar-refractivity contribution in [2.24, 2.45) is 0 Å². The lowest BCUT2D eigenvalue weighted by Gasteiger charge is -2.28. The first-order chi connectivity index (χ1) is 16.4. The van der Waals surface area contributed by atoms with Crippen LogP contribution >= 0.6 is 12.2 Å². The summed E-state index contributed by atoms with van der Waals surface area (Å²) in [5, 5.41) is 4.35. The summed E-state index contributed by atoms with van der Waals surface area (Å²) in [6, 6.07) is 25.7. The Labute approximate surface area is 207 Å². The van der Waals surface area contributed by atoms with Crippen molar-refractivity contribution in [1.82, 2.24) is 19.8 Å². The van der Waals surface area contributed by atoms with Gasteiger partial charge in [0.15, 0.2) is 5.11 Å². The van der Waals surface area contributed by atoms with Crippen LogP contribution in [0.1, 0.15) is 51.4 Å². The molecule has 3 heterocycles. The van der Waals surface area contributed by atoms with Gasteiger partial charge in [-0.1, -0.05) is 42.5 Å². The van der Waals surface area contributed by atoms with Crippen molar-refractivity contribution in [3.05, 3.63) is 118 Å². The predicted molar refractivity (Wildman–Crippen MR) is 142 cm³/mol. The molecule has 1 fully saturated rings. The van der Waals surface area contributed by atoms with E-state index in [9.17, 15) is 0 Å². The van der Waals surface area contributed by atoms with Gasteiger partial charge in [0.1, 0.15) is 0 Å². The Morgan fingerprint density at radius 1 is 0.882 bits per heavy atom. The molecule has 34 heavy (non-hydrogen) atoms. The van der Waals surface area contributed by atoms with Gasteiger partial charge in [-0.2, -0.15) is 0 Å². The lowest BCUT2D eigenvalue weighted by molar-refractivity contribution is 0.310. The Hall–Kier alpha value is -3.44. The van der Waals surface area contributed by atoms with Gasteiger partial charge in [-0.25, -0.2) is 0 Å². The number of hydrogen-bond acceptors (Lipinski definition) is 2. The number of benzene rings is 2.